The molecular formula is C20H30N4O8S. The molecule has 3 amide bonds. The van der Waals surface area contributed by atoms with Crippen molar-refractivity contribution in [1.82, 2.24) is 16.0 Å². The molecule has 0 aromatic heterocycles. The largest absolute Gasteiger partial charge is 0.508 e. The van der Waals surface area contributed by atoms with Crippen LogP contribution in [0.15, 0.2) is 24.3 Å². The first-order chi connectivity index (χ1) is 15.6. The maximum Gasteiger partial charge on any atom is 0.326 e. The number of aromatic hydroxyl groups is 1. The Bertz CT molecular complexity index is 808. The van der Waals surface area contributed by atoms with Crippen LogP contribution >= 0.6 is 11.8 Å². The first-order valence-electron chi connectivity index (χ1n) is 10.0. The predicted molar refractivity (Wildman–Crippen MR) is 120 cm³/mol. The van der Waals surface area contributed by atoms with Crippen LogP contribution in [-0.4, -0.2) is 93.5 Å². The lowest BCUT2D eigenvalue weighted by Gasteiger charge is -2.23. The molecular weight excluding hydrogens is 456 g/mol. The van der Waals surface area contributed by atoms with Gasteiger partial charge in [-0.2, -0.15) is 11.8 Å². The molecule has 0 aliphatic carbocycles. The van der Waals surface area contributed by atoms with Crippen molar-refractivity contribution in [1.29, 1.82) is 0 Å². The Hall–Kier alpha value is -2.87. The van der Waals surface area contributed by atoms with E-state index >= 15 is 0 Å². The number of amides is 3. The number of carbonyl (C=O) groups is 4. The van der Waals surface area contributed by atoms with Crippen LogP contribution in [-0.2, 0) is 25.6 Å². The summed E-state index contributed by atoms with van der Waals surface area (Å²) in [6.45, 7) is -1.65. The Morgan fingerprint density at radius 3 is 1.85 bits per heavy atom. The molecule has 0 aliphatic heterocycles. The summed E-state index contributed by atoms with van der Waals surface area (Å²) in [5.74, 6) is -3.33. The van der Waals surface area contributed by atoms with E-state index < -0.39 is 61.1 Å². The number of carbonyl (C=O) groups excluding carboxylic acids is 3. The summed E-state index contributed by atoms with van der Waals surface area (Å²) in [5, 5.41) is 44.4. The van der Waals surface area contributed by atoms with Crippen molar-refractivity contribution in [3.63, 3.8) is 0 Å². The van der Waals surface area contributed by atoms with Crippen LogP contribution < -0.4 is 21.7 Å². The lowest BCUT2D eigenvalue weighted by molar-refractivity contribution is -0.142. The van der Waals surface area contributed by atoms with Crippen molar-refractivity contribution in [2.75, 3.05) is 25.2 Å². The molecule has 1 aromatic rings. The van der Waals surface area contributed by atoms with E-state index in [-0.39, 0.29) is 12.2 Å². The van der Waals surface area contributed by atoms with Gasteiger partial charge in [-0.1, -0.05) is 12.1 Å². The number of phenolic OH excluding ortho intramolecular Hbond substituents is 1. The smallest absolute Gasteiger partial charge is 0.326 e. The topological polar surface area (TPSA) is 211 Å². The molecule has 0 bridgehead atoms. The van der Waals surface area contributed by atoms with Gasteiger partial charge in [-0.3, -0.25) is 14.4 Å². The molecule has 1 rings (SSSR count). The van der Waals surface area contributed by atoms with E-state index in [0.29, 0.717) is 17.7 Å². The van der Waals surface area contributed by atoms with Crippen LogP contribution in [0.5, 0.6) is 5.75 Å². The fourth-order valence-electron chi connectivity index (χ4n) is 2.66. The number of aliphatic hydroxyl groups excluding tert-OH is 2. The molecule has 0 radical (unpaired) electrons. The van der Waals surface area contributed by atoms with Crippen LogP contribution in [0.3, 0.4) is 0 Å². The van der Waals surface area contributed by atoms with E-state index in [9.17, 15) is 39.6 Å². The summed E-state index contributed by atoms with van der Waals surface area (Å²) < 4.78 is 0. The molecule has 0 heterocycles. The van der Waals surface area contributed by atoms with Crippen LogP contribution in [0.1, 0.15) is 12.0 Å². The molecule has 0 saturated carbocycles. The van der Waals surface area contributed by atoms with Crippen LogP contribution in [0.25, 0.3) is 0 Å². The van der Waals surface area contributed by atoms with Crippen molar-refractivity contribution in [2.45, 2.75) is 37.0 Å². The molecule has 9 N–H and O–H groups in total. The summed E-state index contributed by atoms with van der Waals surface area (Å²) in [6, 6.07) is 0.472. The van der Waals surface area contributed by atoms with Gasteiger partial charge in [0, 0.05) is 6.42 Å². The number of nitrogens with one attached hydrogen (secondary N) is 3. The molecule has 0 saturated heterocycles. The number of aliphatic hydroxyl groups is 2. The fourth-order valence-corrected chi connectivity index (χ4v) is 3.14. The van der Waals surface area contributed by atoms with E-state index in [4.69, 9.17) is 5.73 Å². The van der Waals surface area contributed by atoms with Gasteiger partial charge in [0.05, 0.1) is 19.3 Å². The minimum absolute atomic E-state index is 0.00606. The van der Waals surface area contributed by atoms with Gasteiger partial charge in [0.2, 0.25) is 17.7 Å². The highest BCUT2D eigenvalue weighted by atomic mass is 32.2. The SMILES string of the molecule is CSCCC(N)C(=O)NC(CO)C(=O)NC(CO)C(=O)NC(Cc1ccc(O)cc1)C(=O)O. The molecule has 1 aromatic carbocycles. The van der Waals surface area contributed by atoms with E-state index in [0.717, 1.165) is 0 Å². The maximum absolute atomic E-state index is 12.5. The number of aliphatic carboxylic acids is 1. The standard InChI is InChI=1S/C20H30N4O8S/c1-33-7-6-13(21)17(28)23-15(9-25)19(30)24-16(10-26)18(29)22-14(20(31)32)8-11-2-4-12(27)5-3-11/h2-5,13-16,25-27H,6-10,21H2,1H3,(H,22,29)(H,23,28)(H,24,30)(H,31,32). The summed E-state index contributed by atoms with van der Waals surface area (Å²) in [4.78, 5) is 48.5. The normalized spacial score (nSPS) is 14.4. The minimum Gasteiger partial charge on any atom is -0.508 e. The Kier molecular flexibility index (Phi) is 12.2. The molecule has 0 aliphatic rings. The zero-order valence-corrected chi connectivity index (χ0v) is 18.9. The number of hydrogen-bond acceptors (Lipinski definition) is 9. The van der Waals surface area contributed by atoms with Crippen molar-refractivity contribution >= 4 is 35.5 Å². The Morgan fingerprint density at radius 2 is 1.39 bits per heavy atom. The molecule has 33 heavy (non-hydrogen) atoms. The first-order valence-corrected chi connectivity index (χ1v) is 11.4. The van der Waals surface area contributed by atoms with Crippen LogP contribution in [0.4, 0.5) is 0 Å². The van der Waals surface area contributed by atoms with Gasteiger partial charge in [0.1, 0.15) is 23.9 Å². The molecule has 0 spiro atoms. The van der Waals surface area contributed by atoms with Crippen molar-refractivity contribution in [3.05, 3.63) is 29.8 Å². The van der Waals surface area contributed by atoms with Crippen molar-refractivity contribution in [2.24, 2.45) is 5.73 Å². The Morgan fingerprint density at radius 1 is 0.909 bits per heavy atom. The van der Waals surface area contributed by atoms with Gasteiger partial charge in [0.25, 0.3) is 0 Å². The third-order valence-corrected chi connectivity index (χ3v) is 5.24. The number of phenols is 1. The number of hydrogen-bond donors (Lipinski definition) is 8. The summed E-state index contributed by atoms with van der Waals surface area (Å²) in [6.07, 6.45) is 2.08. The van der Waals surface area contributed by atoms with Crippen molar-refractivity contribution < 1.29 is 39.6 Å². The maximum atomic E-state index is 12.5. The average Bonchev–Trinajstić information content (AvgIpc) is 2.79. The lowest BCUT2D eigenvalue weighted by Crippen LogP contribution is -2.59. The average molecular weight is 487 g/mol. The van der Waals surface area contributed by atoms with Gasteiger partial charge in [-0.05, 0) is 36.1 Å². The van der Waals surface area contributed by atoms with E-state index in [2.05, 4.69) is 16.0 Å². The third kappa shape index (κ3) is 9.65. The molecule has 4 atom stereocenters. The van der Waals surface area contributed by atoms with Gasteiger partial charge in [-0.25, -0.2) is 4.79 Å². The number of thioether (sulfide) groups is 1. The number of benzene rings is 1. The van der Waals surface area contributed by atoms with Crippen LogP contribution in [0, 0.1) is 0 Å². The van der Waals surface area contributed by atoms with Gasteiger partial charge in [-0.15, -0.1) is 0 Å². The van der Waals surface area contributed by atoms with Crippen molar-refractivity contribution in [3.8, 4) is 5.75 Å². The number of carboxylic acid groups (broad SMARTS) is 1. The van der Waals surface area contributed by atoms with E-state index in [1.165, 1.54) is 36.0 Å². The highest BCUT2D eigenvalue weighted by Crippen LogP contribution is 2.11. The summed E-state index contributed by atoms with van der Waals surface area (Å²) in [5.41, 5.74) is 6.24. The monoisotopic (exact) mass is 486 g/mol. The summed E-state index contributed by atoms with van der Waals surface area (Å²) in [7, 11) is 0. The second kappa shape index (κ2) is 14.3. The third-order valence-electron chi connectivity index (χ3n) is 4.59. The zero-order valence-electron chi connectivity index (χ0n) is 18.1. The van der Waals surface area contributed by atoms with Gasteiger partial charge >= 0.3 is 5.97 Å². The highest BCUT2D eigenvalue weighted by Gasteiger charge is 2.29. The Labute approximate surface area is 194 Å². The molecule has 4 unspecified atom stereocenters. The molecule has 184 valence electrons. The fraction of sp³-hybridized carbons (Fsp3) is 0.500. The van der Waals surface area contributed by atoms with Gasteiger partial charge in [0.15, 0.2) is 0 Å². The number of nitrogens with two attached hydrogens (primary N) is 1. The number of rotatable bonds is 14. The zero-order chi connectivity index (χ0) is 25.0. The molecule has 12 nitrogen and oxygen atoms in total. The molecule has 0 fully saturated rings. The van der Waals surface area contributed by atoms with Crippen LogP contribution in [0.2, 0.25) is 0 Å². The Balaban J connectivity index is 2.75. The number of carboxylic acids is 1. The predicted octanol–water partition coefficient (Wildman–Crippen LogP) is -2.46. The van der Waals surface area contributed by atoms with E-state index in [1.807, 2.05) is 6.26 Å². The second-order valence-corrected chi connectivity index (χ2v) is 8.13. The second-order valence-electron chi connectivity index (χ2n) is 7.15. The summed E-state index contributed by atoms with van der Waals surface area (Å²) >= 11 is 1.49. The highest BCUT2D eigenvalue weighted by molar-refractivity contribution is 7.98. The van der Waals surface area contributed by atoms with E-state index in [1.54, 1.807) is 0 Å². The first kappa shape index (κ1) is 28.2. The van der Waals surface area contributed by atoms with Gasteiger partial charge < -0.3 is 42.1 Å². The quantitative estimate of drug-likeness (QED) is 0.139. The molecule has 13 heteroatoms. The minimum atomic E-state index is -1.53. The lowest BCUT2D eigenvalue weighted by atomic mass is 10.1.